The number of imidazole rings is 1. The van der Waals surface area contributed by atoms with Crippen molar-refractivity contribution in [3.05, 3.63) is 85.2 Å². The van der Waals surface area contributed by atoms with E-state index in [9.17, 15) is 4.79 Å². The summed E-state index contributed by atoms with van der Waals surface area (Å²) in [6.45, 7) is 6.06. The van der Waals surface area contributed by atoms with Crippen molar-refractivity contribution in [3.63, 3.8) is 0 Å². The van der Waals surface area contributed by atoms with Gasteiger partial charge in [0.15, 0.2) is 0 Å². The van der Waals surface area contributed by atoms with Gasteiger partial charge in [-0.3, -0.25) is 14.6 Å². The van der Waals surface area contributed by atoms with Crippen molar-refractivity contribution in [3.8, 4) is 11.4 Å². The number of rotatable bonds is 7. The Kier molecular flexibility index (Phi) is 6.46. The Morgan fingerprint density at radius 3 is 2.39 bits per heavy atom. The normalized spacial score (nSPS) is 15.0. The third-order valence-corrected chi connectivity index (χ3v) is 6.30. The molecule has 2 heterocycles. The number of carbonyl (C=O) groups excluding carboxylic acids is 1. The molecular weight excluding hydrogens is 410 g/mol. The lowest BCUT2D eigenvalue weighted by Crippen LogP contribution is -2.49. The summed E-state index contributed by atoms with van der Waals surface area (Å²) in [5, 5.41) is 5.32. The molecule has 0 spiro atoms. The zero-order valence-electron chi connectivity index (χ0n) is 18.7. The van der Waals surface area contributed by atoms with Gasteiger partial charge < -0.3 is 9.88 Å². The van der Waals surface area contributed by atoms with Gasteiger partial charge in [0, 0.05) is 68.3 Å². The first-order valence-corrected chi connectivity index (χ1v) is 11.6. The molecule has 168 valence electrons. The Morgan fingerprint density at radius 2 is 1.55 bits per heavy atom. The number of piperazine rings is 1. The van der Waals surface area contributed by atoms with Gasteiger partial charge >= 0.3 is 0 Å². The predicted molar refractivity (Wildman–Crippen MR) is 133 cm³/mol. The monoisotopic (exact) mass is 439 g/mol. The van der Waals surface area contributed by atoms with Gasteiger partial charge in [-0.05, 0) is 11.5 Å². The van der Waals surface area contributed by atoms with Crippen LogP contribution in [0.15, 0.2) is 85.2 Å². The van der Waals surface area contributed by atoms with E-state index in [1.807, 2.05) is 54.7 Å². The number of amides is 1. The molecule has 6 heteroatoms. The van der Waals surface area contributed by atoms with E-state index in [0.29, 0.717) is 6.54 Å². The lowest BCUT2D eigenvalue weighted by Gasteiger charge is -2.34. The zero-order valence-corrected chi connectivity index (χ0v) is 18.7. The molecule has 33 heavy (non-hydrogen) atoms. The lowest BCUT2D eigenvalue weighted by molar-refractivity contribution is -0.117. The van der Waals surface area contributed by atoms with Crippen molar-refractivity contribution >= 4 is 22.4 Å². The summed E-state index contributed by atoms with van der Waals surface area (Å²) in [6.07, 6.45) is 3.92. The molecule has 0 bridgehead atoms. The molecule has 1 fully saturated rings. The van der Waals surface area contributed by atoms with Crippen LogP contribution in [0, 0.1) is 0 Å². The minimum atomic E-state index is 0.0470. The highest BCUT2D eigenvalue weighted by molar-refractivity contribution is 6.02. The first-order valence-electron chi connectivity index (χ1n) is 11.6. The summed E-state index contributed by atoms with van der Waals surface area (Å²) >= 11 is 0. The Labute approximate surface area is 194 Å². The Morgan fingerprint density at radius 1 is 0.818 bits per heavy atom. The topological polar surface area (TPSA) is 53.4 Å². The van der Waals surface area contributed by atoms with Crippen molar-refractivity contribution in [2.45, 2.75) is 6.54 Å². The van der Waals surface area contributed by atoms with Crippen LogP contribution in [0.1, 0.15) is 0 Å². The van der Waals surface area contributed by atoms with Crippen LogP contribution in [0.5, 0.6) is 0 Å². The van der Waals surface area contributed by atoms with Crippen LogP contribution in [0.3, 0.4) is 0 Å². The predicted octanol–water partition coefficient (Wildman–Crippen LogP) is 3.96. The molecule has 5 rings (SSSR count). The fourth-order valence-corrected chi connectivity index (χ4v) is 4.48. The number of nitrogens with zero attached hydrogens (tertiary/aromatic N) is 4. The largest absolute Gasteiger partial charge is 0.330 e. The van der Waals surface area contributed by atoms with E-state index in [4.69, 9.17) is 0 Å². The van der Waals surface area contributed by atoms with Gasteiger partial charge in [0.1, 0.15) is 5.82 Å². The first kappa shape index (κ1) is 21.4. The number of nitrogens with one attached hydrogen (secondary N) is 1. The molecule has 1 aliphatic rings. The molecule has 0 aliphatic carbocycles. The van der Waals surface area contributed by atoms with Crippen molar-refractivity contribution < 1.29 is 4.79 Å². The van der Waals surface area contributed by atoms with Crippen LogP contribution in [-0.2, 0) is 11.3 Å². The van der Waals surface area contributed by atoms with Crippen LogP contribution in [-0.4, -0.2) is 64.5 Å². The molecule has 1 N–H and O–H groups in total. The molecular formula is C27H29N5O. The molecule has 1 amide bonds. The quantitative estimate of drug-likeness (QED) is 0.474. The second kappa shape index (κ2) is 9.98. The first-order chi connectivity index (χ1) is 16.3. The van der Waals surface area contributed by atoms with Gasteiger partial charge in [0.25, 0.3) is 0 Å². The summed E-state index contributed by atoms with van der Waals surface area (Å²) in [5.41, 5.74) is 2.02. The van der Waals surface area contributed by atoms with E-state index in [0.717, 1.165) is 67.1 Å². The number of carbonyl (C=O) groups is 1. The van der Waals surface area contributed by atoms with Gasteiger partial charge in [0.05, 0.1) is 6.54 Å². The second-order valence-electron chi connectivity index (χ2n) is 8.50. The zero-order chi connectivity index (χ0) is 22.5. The average Bonchev–Trinajstić information content (AvgIpc) is 3.33. The molecule has 0 radical (unpaired) electrons. The maximum atomic E-state index is 12.7. The summed E-state index contributed by atoms with van der Waals surface area (Å²) in [4.78, 5) is 21.9. The van der Waals surface area contributed by atoms with Gasteiger partial charge in [-0.15, -0.1) is 0 Å². The number of anilines is 1. The van der Waals surface area contributed by atoms with Crippen molar-refractivity contribution in [1.82, 2.24) is 19.4 Å². The molecule has 0 unspecified atom stereocenters. The molecule has 3 aromatic carbocycles. The molecule has 4 aromatic rings. The average molecular weight is 440 g/mol. The van der Waals surface area contributed by atoms with Crippen LogP contribution < -0.4 is 5.32 Å². The van der Waals surface area contributed by atoms with E-state index < -0.39 is 0 Å². The summed E-state index contributed by atoms with van der Waals surface area (Å²) in [7, 11) is 0. The fraction of sp³-hybridized carbons (Fsp3) is 0.259. The third kappa shape index (κ3) is 5.13. The van der Waals surface area contributed by atoms with E-state index >= 15 is 0 Å². The minimum Gasteiger partial charge on any atom is -0.330 e. The van der Waals surface area contributed by atoms with Gasteiger partial charge in [-0.1, -0.05) is 66.7 Å². The SMILES string of the molecule is O=C(CN1CCN(CCn2ccnc2-c2ccccc2)CC1)Nc1cccc2ccccc12. The second-order valence-corrected chi connectivity index (χ2v) is 8.50. The highest BCUT2D eigenvalue weighted by atomic mass is 16.2. The Hall–Kier alpha value is -3.48. The summed E-state index contributed by atoms with van der Waals surface area (Å²) in [5.74, 6) is 1.06. The maximum Gasteiger partial charge on any atom is 0.238 e. The number of hydrogen-bond donors (Lipinski definition) is 1. The van der Waals surface area contributed by atoms with Crippen LogP contribution in [0.4, 0.5) is 5.69 Å². The van der Waals surface area contributed by atoms with Gasteiger partial charge in [0.2, 0.25) is 5.91 Å². The third-order valence-electron chi connectivity index (χ3n) is 6.30. The molecule has 1 aliphatic heterocycles. The van der Waals surface area contributed by atoms with Crippen LogP contribution in [0.2, 0.25) is 0 Å². The number of aromatic nitrogens is 2. The maximum absolute atomic E-state index is 12.7. The highest BCUT2D eigenvalue weighted by Crippen LogP contribution is 2.23. The number of fused-ring (bicyclic) bond motifs is 1. The van der Waals surface area contributed by atoms with Gasteiger partial charge in [-0.25, -0.2) is 4.98 Å². The Bertz CT molecular complexity index is 1210. The van der Waals surface area contributed by atoms with E-state index in [-0.39, 0.29) is 5.91 Å². The van der Waals surface area contributed by atoms with Crippen LogP contribution >= 0.6 is 0 Å². The van der Waals surface area contributed by atoms with E-state index in [1.54, 1.807) is 0 Å². The number of benzene rings is 3. The minimum absolute atomic E-state index is 0.0470. The van der Waals surface area contributed by atoms with Gasteiger partial charge in [-0.2, -0.15) is 0 Å². The van der Waals surface area contributed by atoms with Crippen molar-refractivity contribution in [2.24, 2.45) is 0 Å². The molecule has 0 atom stereocenters. The lowest BCUT2D eigenvalue weighted by atomic mass is 10.1. The number of hydrogen-bond acceptors (Lipinski definition) is 4. The molecule has 1 aromatic heterocycles. The standard InChI is InChI=1S/C27H29N5O/c33-26(29-25-12-6-10-22-7-4-5-11-24(22)25)21-31-17-15-30(16-18-31)19-20-32-14-13-28-27(32)23-8-2-1-3-9-23/h1-14H,15-21H2,(H,29,33). The Balaban J connectivity index is 1.10. The summed E-state index contributed by atoms with van der Waals surface area (Å²) in [6, 6.07) is 24.5. The molecule has 6 nitrogen and oxygen atoms in total. The van der Waals surface area contributed by atoms with Crippen LogP contribution in [0.25, 0.3) is 22.2 Å². The molecule has 1 saturated heterocycles. The van der Waals surface area contributed by atoms with E-state index in [1.165, 1.54) is 0 Å². The fourth-order valence-electron chi connectivity index (χ4n) is 4.48. The molecule has 0 saturated carbocycles. The highest BCUT2D eigenvalue weighted by Gasteiger charge is 2.19. The smallest absolute Gasteiger partial charge is 0.238 e. The summed E-state index contributed by atoms with van der Waals surface area (Å²) < 4.78 is 2.22. The van der Waals surface area contributed by atoms with Crippen molar-refractivity contribution in [1.29, 1.82) is 0 Å². The van der Waals surface area contributed by atoms with E-state index in [2.05, 4.69) is 55.1 Å². The van der Waals surface area contributed by atoms with Crippen molar-refractivity contribution in [2.75, 3.05) is 44.6 Å².